The summed E-state index contributed by atoms with van der Waals surface area (Å²) in [7, 11) is -0.0467. The second kappa shape index (κ2) is 4.89. The summed E-state index contributed by atoms with van der Waals surface area (Å²) in [6.45, 7) is 3.02. The highest BCUT2D eigenvalue weighted by Crippen LogP contribution is 2.09. The van der Waals surface area contributed by atoms with Crippen LogP contribution in [0.25, 0.3) is 0 Å². The van der Waals surface area contributed by atoms with E-state index in [4.69, 9.17) is 5.14 Å². The molecule has 0 radical (unpaired) electrons. The molecular weight excluding hydrogens is 230 g/mol. The van der Waals surface area contributed by atoms with Gasteiger partial charge in [0.15, 0.2) is 0 Å². The van der Waals surface area contributed by atoms with Gasteiger partial charge >= 0.3 is 0 Å². The number of nitrogens with zero attached hydrogens (tertiary/aromatic N) is 4. The Morgan fingerprint density at radius 1 is 1.38 bits per heavy atom. The summed E-state index contributed by atoms with van der Waals surface area (Å²) in [5.74, 6) is 0.607. The van der Waals surface area contributed by atoms with E-state index in [0.29, 0.717) is 18.9 Å². The molecule has 0 atom stereocenters. The second-order valence-corrected chi connectivity index (χ2v) is 5.29. The van der Waals surface area contributed by atoms with Gasteiger partial charge in [0.2, 0.25) is 0 Å². The smallest absolute Gasteiger partial charge is 0.273 e. The average Bonchev–Trinajstić information content (AvgIpc) is 2.47. The molecule has 0 saturated carbocycles. The lowest BCUT2D eigenvalue weighted by molar-refractivity contribution is 0.376. The highest BCUT2D eigenvalue weighted by molar-refractivity contribution is 7.89. The molecule has 0 aliphatic rings. The van der Waals surface area contributed by atoms with Crippen molar-refractivity contribution in [1.29, 1.82) is 0 Å². The molecule has 0 aromatic carbocycles. The average molecular weight is 247 g/mol. The van der Waals surface area contributed by atoms with Crippen LogP contribution in [0.5, 0.6) is 0 Å². The monoisotopic (exact) mass is 247 g/mol. The van der Waals surface area contributed by atoms with Crippen molar-refractivity contribution in [3.05, 3.63) is 5.82 Å². The van der Waals surface area contributed by atoms with Gasteiger partial charge in [-0.3, -0.25) is 4.57 Å². The van der Waals surface area contributed by atoms with Gasteiger partial charge in [0.1, 0.15) is 5.82 Å². The maximum absolute atomic E-state index is 11.3. The predicted octanol–water partition coefficient (Wildman–Crippen LogP) is -0.603. The molecule has 1 aromatic heterocycles. The van der Waals surface area contributed by atoms with E-state index in [1.54, 1.807) is 4.57 Å². The van der Waals surface area contributed by atoms with E-state index in [1.807, 2.05) is 25.9 Å². The zero-order valence-electron chi connectivity index (χ0n) is 9.71. The number of primary sulfonamides is 1. The Balaban J connectivity index is 3.17. The Hall–Kier alpha value is -0.990. The van der Waals surface area contributed by atoms with Crippen LogP contribution in [0.4, 0.5) is 0 Å². The fourth-order valence-corrected chi connectivity index (χ4v) is 2.04. The molecule has 2 N–H and O–H groups in total. The van der Waals surface area contributed by atoms with E-state index in [-0.39, 0.29) is 5.16 Å². The molecule has 8 heteroatoms. The molecule has 0 spiro atoms. The van der Waals surface area contributed by atoms with Crippen LogP contribution in [0.15, 0.2) is 5.16 Å². The van der Waals surface area contributed by atoms with E-state index in [0.717, 1.165) is 6.42 Å². The largest absolute Gasteiger partial charge is 0.302 e. The molecule has 0 bridgehead atoms. The Bertz CT molecular complexity index is 451. The summed E-state index contributed by atoms with van der Waals surface area (Å²) in [5, 5.41) is 12.4. The van der Waals surface area contributed by atoms with Crippen molar-refractivity contribution in [3.63, 3.8) is 0 Å². The summed E-state index contributed by atoms with van der Waals surface area (Å²) in [6, 6.07) is 0. The third-order valence-corrected chi connectivity index (χ3v) is 2.76. The highest BCUT2D eigenvalue weighted by atomic mass is 32.2. The lowest BCUT2D eigenvalue weighted by atomic mass is 10.4. The number of hydrogen-bond donors (Lipinski definition) is 1. The Labute approximate surface area is 95.3 Å². The first-order chi connectivity index (χ1) is 7.36. The maximum atomic E-state index is 11.3. The lowest BCUT2D eigenvalue weighted by Gasteiger charge is -2.11. The van der Waals surface area contributed by atoms with Gasteiger partial charge in [-0.2, -0.15) is 0 Å². The van der Waals surface area contributed by atoms with Gasteiger partial charge in [0, 0.05) is 6.54 Å². The van der Waals surface area contributed by atoms with Crippen LogP contribution in [0.3, 0.4) is 0 Å². The van der Waals surface area contributed by atoms with Crippen molar-refractivity contribution in [3.8, 4) is 0 Å². The van der Waals surface area contributed by atoms with Gasteiger partial charge in [-0.05, 0) is 20.5 Å². The number of hydrogen-bond acceptors (Lipinski definition) is 5. The molecule has 0 unspecified atom stereocenters. The van der Waals surface area contributed by atoms with Gasteiger partial charge in [-0.15, -0.1) is 10.2 Å². The Morgan fingerprint density at radius 3 is 2.44 bits per heavy atom. The molecule has 92 valence electrons. The van der Waals surface area contributed by atoms with E-state index < -0.39 is 10.0 Å². The molecule has 7 nitrogen and oxygen atoms in total. The van der Waals surface area contributed by atoms with Crippen molar-refractivity contribution in [2.75, 3.05) is 14.1 Å². The van der Waals surface area contributed by atoms with Crippen LogP contribution in [0.1, 0.15) is 19.2 Å². The van der Waals surface area contributed by atoms with Crippen LogP contribution in [0, 0.1) is 0 Å². The minimum atomic E-state index is -3.80. The van der Waals surface area contributed by atoms with Gasteiger partial charge in [-0.1, -0.05) is 6.92 Å². The molecule has 0 fully saturated rings. The van der Waals surface area contributed by atoms with Gasteiger partial charge < -0.3 is 4.90 Å². The normalized spacial score (nSPS) is 12.3. The van der Waals surface area contributed by atoms with E-state index in [2.05, 4.69) is 10.2 Å². The van der Waals surface area contributed by atoms with E-state index in [1.165, 1.54) is 0 Å². The summed E-state index contributed by atoms with van der Waals surface area (Å²) in [4.78, 5) is 1.89. The highest BCUT2D eigenvalue weighted by Gasteiger charge is 2.20. The third kappa shape index (κ3) is 3.00. The van der Waals surface area contributed by atoms with Crippen LogP contribution in [0.2, 0.25) is 0 Å². The summed E-state index contributed by atoms with van der Waals surface area (Å²) in [6.07, 6.45) is 0.793. The second-order valence-electron chi connectivity index (χ2n) is 3.83. The number of rotatable bonds is 5. The van der Waals surface area contributed by atoms with E-state index in [9.17, 15) is 8.42 Å². The molecule has 0 aliphatic heterocycles. The summed E-state index contributed by atoms with van der Waals surface area (Å²) >= 11 is 0. The molecule has 16 heavy (non-hydrogen) atoms. The quantitative estimate of drug-likeness (QED) is 0.749. The number of aromatic nitrogens is 3. The fourth-order valence-electron chi connectivity index (χ4n) is 1.38. The number of nitrogens with two attached hydrogens (primary N) is 1. The first-order valence-corrected chi connectivity index (χ1v) is 6.50. The van der Waals surface area contributed by atoms with Gasteiger partial charge in [-0.25, -0.2) is 13.6 Å². The predicted molar refractivity (Wildman–Crippen MR) is 59.1 cm³/mol. The Morgan fingerprint density at radius 2 is 2.00 bits per heavy atom. The molecule has 0 saturated heterocycles. The molecule has 1 heterocycles. The minimum absolute atomic E-state index is 0.161. The van der Waals surface area contributed by atoms with E-state index >= 15 is 0 Å². The summed E-state index contributed by atoms with van der Waals surface area (Å²) in [5.41, 5.74) is 0. The van der Waals surface area contributed by atoms with Gasteiger partial charge in [0.05, 0.1) is 6.54 Å². The Kier molecular flexibility index (Phi) is 4.00. The van der Waals surface area contributed by atoms with Crippen LogP contribution in [-0.2, 0) is 23.1 Å². The fraction of sp³-hybridized carbons (Fsp3) is 0.750. The van der Waals surface area contributed by atoms with Crippen molar-refractivity contribution in [1.82, 2.24) is 19.7 Å². The topological polar surface area (TPSA) is 94.1 Å². The van der Waals surface area contributed by atoms with Crippen molar-refractivity contribution < 1.29 is 8.42 Å². The van der Waals surface area contributed by atoms with Crippen LogP contribution >= 0.6 is 0 Å². The molecule has 0 amide bonds. The van der Waals surface area contributed by atoms with Gasteiger partial charge in [0.25, 0.3) is 15.2 Å². The summed E-state index contributed by atoms with van der Waals surface area (Å²) < 4.78 is 24.1. The minimum Gasteiger partial charge on any atom is -0.302 e. The molecule has 1 rings (SSSR count). The zero-order chi connectivity index (χ0) is 12.3. The van der Waals surface area contributed by atoms with Crippen molar-refractivity contribution >= 4 is 10.0 Å². The lowest BCUT2D eigenvalue weighted by Crippen LogP contribution is -2.21. The standard InChI is InChI=1S/C8H17N5O2S/c1-4-5-13-7(6-12(2)3)10-11-8(13)16(9,14)15/h4-6H2,1-3H3,(H2,9,14,15). The SMILES string of the molecule is CCCn1c(CN(C)C)nnc1S(N)(=O)=O. The van der Waals surface area contributed by atoms with Crippen molar-refractivity contribution in [2.24, 2.45) is 5.14 Å². The van der Waals surface area contributed by atoms with Crippen LogP contribution < -0.4 is 5.14 Å². The molecular formula is C8H17N5O2S. The first kappa shape index (κ1) is 13.1. The molecule has 0 aliphatic carbocycles. The number of sulfonamides is 1. The van der Waals surface area contributed by atoms with Crippen molar-refractivity contribution in [2.45, 2.75) is 31.6 Å². The van der Waals surface area contributed by atoms with Crippen LogP contribution in [-0.4, -0.2) is 42.2 Å². The zero-order valence-corrected chi connectivity index (χ0v) is 10.5. The third-order valence-electron chi connectivity index (χ3n) is 1.95. The maximum Gasteiger partial charge on any atom is 0.273 e. The molecule has 1 aromatic rings. The first-order valence-electron chi connectivity index (χ1n) is 4.96.